The lowest BCUT2D eigenvalue weighted by molar-refractivity contribution is -0.161. The minimum absolute atomic E-state index is 0.0464. The summed E-state index contributed by atoms with van der Waals surface area (Å²) in [5.41, 5.74) is 1.83. The van der Waals surface area contributed by atoms with E-state index in [0.29, 0.717) is 13.1 Å². The normalized spacial score (nSPS) is 21.2. The van der Waals surface area contributed by atoms with Gasteiger partial charge in [-0.05, 0) is 37.1 Å². The van der Waals surface area contributed by atoms with E-state index in [4.69, 9.17) is 0 Å². The molecule has 2 amide bonds. The van der Waals surface area contributed by atoms with Crippen molar-refractivity contribution < 1.29 is 9.59 Å². The van der Waals surface area contributed by atoms with Crippen molar-refractivity contribution in [1.29, 1.82) is 0 Å². The van der Waals surface area contributed by atoms with Gasteiger partial charge in [-0.15, -0.1) is 0 Å². The van der Waals surface area contributed by atoms with Crippen LogP contribution in [0.4, 0.5) is 0 Å². The van der Waals surface area contributed by atoms with Crippen LogP contribution in [0.25, 0.3) is 0 Å². The first-order valence-corrected chi connectivity index (χ1v) is 7.96. The Hall–Kier alpha value is -2.76. The molecule has 0 radical (unpaired) electrons. The number of hydrogen-bond acceptors (Lipinski definition) is 4. The zero-order valence-electron chi connectivity index (χ0n) is 13.8. The lowest BCUT2D eigenvalue weighted by atomic mass is 10.0. The van der Waals surface area contributed by atoms with E-state index in [0.717, 1.165) is 11.1 Å². The average Bonchev–Trinajstić information content (AvgIpc) is 2.62. The molecular formula is C18H20N4O2. The lowest BCUT2D eigenvalue weighted by Gasteiger charge is -2.42. The van der Waals surface area contributed by atoms with Gasteiger partial charge in [-0.2, -0.15) is 0 Å². The van der Waals surface area contributed by atoms with E-state index in [9.17, 15) is 9.59 Å². The van der Waals surface area contributed by atoms with Gasteiger partial charge in [0.1, 0.15) is 12.1 Å². The zero-order valence-corrected chi connectivity index (χ0v) is 13.8. The number of amides is 2. The Kier molecular flexibility index (Phi) is 4.55. The molecule has 1 aliphatic heterocycles. The number of piperazine rings is 1. The van der Waals surface area contributed by atoms with Crippen LogP contribution in [0, 0.1) is 0 Å². The molecule has 0 unspecified atom stereocenters. The van der Waals surface area contributed by atoms with E-state index >= 15 is 0 Å². The second-order valence-corrected chi connectivity index (χ2v) is 6.01. The minimum Gasteiger partial charge on any atom is -0.325 e. The van der Waals surface area contributed by atoms with Crippen LogP contribution < -0.4 is 0 Å². The van der Waals surface area contributed by atoms with Crippen LogP contribution in [-0.2, 0) is 22.7 Å². The molecule has 3 heterocycles. The molecule has 1 fully saturated rings. The molecule has 2 aromatic heterocycles. The van der Waals surface area contributed by atoms with Gasteiger partial charge in [0.2, 0.25) is 11.8 Å². The van der Waals surface area contributed by atoms with E-state index in [1.165, 1.54) is 0 Å². The summed E-state index contributed by atoms with van der Waals surface area (Å²) in [6.45, 7) is 4.34. The third kappa shape index (κ3) is 3.13. The van der Waals surface area contributed by atoms with E-state index in [-0.39, 0.29) is 11.8 Å². The predicted molar refractivity (Wildman–Crippen MR) is 88.5 cm³/mol. The molecule has 0 spiro atoms. The van der Waals surface area contributed by atoms with Gasteiger partial charge >= 0.3 is 0 Å². The Labute approximate surface area is 141 Å². The smallest absolute Gasteiger partial charge is 0.246 e. The monoisotopic (exact) mass is 324 g/mol. The number of rotatable bonds is 4. The fourth-order valence-corrected chi connectivity index (χ4v) is 2.93. The molecule has 1 saturated heterocycles. The van der Waals surface area contributed by atoms with Crippen LogP contribution in [0.15, 0.2) is 49.1 Å². The first-order valence-electron chi connectivity index (χ1n) is 7.96. The Morgan fingerprint density at radius 1 is 0.833 bits per heavy atom. The van der Waals surface area contributed by atoms with Crippen LogP contribution in [0.1, 0.15) is 25.0 Å². The summed E-state index contributed by atoms with van der Waals surface area (Å²) < 4.78 is 0. The van der Waals surface area contributed by atoms with E-state index in [1.807, 2.05) is 24.3 Å². The molecule has 1 aliphatic rings. The summed E-state index contributed by atoms with van der Waals surface area (Å²) in [6, 6.07) is 6.48. The summed E-state index contributed by atoms with van der Waals surface area (Å²) in [5, 5.41) is 0. The van der Waals surface area contributed by atoms with Crippen LogP contribution in [-0.4, -0.2) is 43.7 Å². The van der Waals surface area contributed by atoms with E-state index < -0.39 is 12.1 Å². The minimum atomic E-state index is -0.495. The molecule has 6 nitrogen and oxygen atoms in total. The highest BCUT2D eigenvalue weighted by Gasteiger charge is 2.41. The molecule has 6 heteroatoms. The second-order valence-electron chi connectivity index (χ2n) is 6.01. The standard InChI is InChI=1S/C18H20N4O2/c1-13-17(23)22(12-16-6-4-8-20-10-16)14(2)18(24)21(13)11-15-5-3-7-19-9-15/h3-10,13-14H,11-12H2,1-2H3/t13-,14-/m0/s1. The first kappa shape index (κ1) is 16.1. The van der Waals surface area contributed by atoms with Crippen molar-refractivity contribution in [1.82, 2.24) is 19.8 Å². The molecule has 0 aliphatic carbocycles. The summed E-state index contributed by atoms with van der Waals surface area (Å²) in [6.07, 6.45) is 6.82. The first-order chi connectivity index (χ1) is 11.6. The maximum Gasteiger partial charge on any atom is 0.246 e. The number of pyridine rings is 2. The van der Waals surface area contributed by atoms with Gasteiger partial charge < -0.3 is 9.80 Å². The topological polar surface area (TPSA) is 66.4 Å². The fourth-order valence-electron chi connectivity index (χ4n) is 2.93. The van der Waals surface area contributed by atoms with Crippen molar-refractivity contribution in [2.24, 2.45) is 0 Å². The van der Waals surface area contributed by atoms with E-state index in [2.05, 4.69) is 9.97 Å². The molecule has 3 rings (SSSR count). The molecule has 124 valence electrons. The van der Waals surface area contributed by atoms with Crippen LogP contribution in [0.3, 0.4) is 0 Å². The van der Waals surface area contributed by atoms with Crippen molar-refractivity contribution in [3.8, 4) is 0 Å². The lowest BCUT2D eigenvalue weighted by Crippen LogP contribution is -2.62. The Morgan fingerprint density at radius 3 is 1.58 bits per heavy atom. The SMILES string of the molecule is C[C@H]1C(=O)N(Cc2cccnc2)[C@@H](C)C(=O)N1Cc1cccnc1. The summed E-state index contributed by atoms with van der Waals surface area (Å²) in [7, 11) is 0. The number of nitrogens with zero attached hydrogens (tertiary/aromatic N) is 4. The summed E-state index contributed by atoms with van der Waals surface area (Å²) in [5.74, 6) is -0.0929. The molecule has 0 aromatic carbocycles. The Balaban J connectivity index is 1.78. The van der Waals surface area contributed by atoms with Crippen molar-refractivity contribution in [2.45, 2.75) is 39.0 Å². The Morgan fingerprint density at radius 2 is 1.25 bits per heavy atom. The third-order valence-corrected chi connectivity index (χ3v) is 4.37. The summed E-state index contributed by atoms with van der Waals surface area (Å²) in [4.78, 5) is 37.0. The zero-order chi connectivity index (χ0) is 17.1. The van der Waals surface area contributed by atoms with Crippen molar-refractivity contribution in [2.75, 3.05) is 0 Å². The summed E-state index contributed by atoms with van der Waals surface area (Å²) >= 11 is 0. The molecule has 24 heavy (non-hydrogen) atoms. The van der Waals surface area contributed by atoms with Gasteiger partial charge in [-0.3, -0.25) is 19.6 Å². The fraction of sp³-hybridized carbons (Fsp3) is 0.333. The number of aromatic nitrogens is 2. The maximum absolute atomic E-state index is 12.8. The van der Waals surface area contributed by atoms with Crippen molar-refractivity contribution >= 4 is 11.8 Å². The van der Waals surface area contributed by atoms with E-state index in [1.54, 1.807) is 48.4 Å². The van der Waals surface area contributed by atoms with Crippen molar-refractivity contribution in [3.05, 3.63) is 60.2 Å². The third-order valence-electron chi connectivity index (χ3n) is 4.37. The van der Waals surface area contributed by atoms with Crippen LogP contribution in [0.5, 0.6) is 0 Å². The van der Waals surface area contributed by atoms with Gasteiger partial charge in [-0.25, -0.2) is 0 Å². The maximum atomic E-state index is 12.8. The molecule has 2 atom stereocenters. The van der Waals surface area contributed by atoms with Gasteiger partial charge in [0.15, 0.2) is 0 Å². The van der Waals surface area contributed by atoms with Crippen molar-refractivity contribution in [3.63, 3.8) is 0 Å². The highest BCUT2D eigenvalue weighted by atomic mass is 16.2. The Bertz CT molecular complexity index is 657. The molecule has 0 saturated carbocycles. The van der Waals surface area contributed by atoms with Crippen LogP contribution >= 0.6 is 0 Å². The van der Waals surface area contributed by atoms with Gasteiger partial charge in [0.05, 0.1) is 0 Å². The molecular weight excluding hydrogens is 304 g/mol. The second kappa shape index (κ2) is 6.78. The molecule has 2 aromatic rings. The molecule has 0 N–H and O–H groups in total. The number of hydrogen-bond donors (Lipinski definition) is 0. The predicted octanol–water partition coefficient (Wildman–Crippen LogP) is 1.62. The van der Waals surface area contributed by atoms with Gasteiger partial charge in [0.25, 0.3) is 0 Å². The van der Waals surface area contributed by atoms with Gasteiger partial charge in [-0.1, -0.05) is 12.1 Å². The number of carbonyl (C=O) groups is 2. The number of carbonyl (C=O) groups excluding carboxylic acids is 2. The highest BCUT2D eigenvalue weighted by molar-refractivity contribution is 5.96. The highest BCUT2D eigenvalue weighted by Crippen LogP contribution is 2.22. The molecule has 0 bridgehead atoms. The van der Waals surface area contributed by atoms with Crippen LogP contribution in [0.2, 0.25) is 0 Å². The quantitative estimate of drug-likeness (QED) is 0.857. The largest absolute Gasteiger partial charge is 0.325 e. The van der Waals surface area contributed by atoms with Gasteiger partial charge in [0, 0.05) is 37.9 Å². The average molecular weight is 324 g/mol.